The molecule has 0 amide bonds. The third-order valence-corrected chi connectivity index (χ3v) is 3.56. The second-order valence-electron chi connectivity index (χ2n) is 4.79. The van der Waals surface area contributed by atoms with Crippen molar-refractivity contribution in [3.63, 3.8) is 0 Å². The quantitative estimate of drug-likeness (QED) is 0.875. The van der Waals surface area contributed by atoms with Crippen LogP contribution in [0.15, 0.2) is 34.8 Å². The number of hydrogen-bond acceptors (Lipinski definition) is 2. The van der Waals surface area contributed by atoms with E-state index < -0.39 is 11.6 Å². The van der Waals surface area contributed by atoms with Crippen molar-refractivity contribution in [2.75, 3.05) is 6.54 Å². The van der Waals surface area contributed by atoms with Crippen LogP contribution < -0.4 is 10.5 Å². The topological polar surface area (TPSA) is 35.2 Å². The molecular formula is C16H16BrF2NO. The molecule has 0 atom stereocenters. The number of halogens is 3. The smallest absolute Gasteiger partial charge is 0.159 e. The monoisotopic (exact) mass is 355 g/mol. The highest BCUT2D eigenvalue weighted by atomic mass is 79.9. The van der Waals surface area contributed by atoms with Crippen LogP contribution >= 0.6 is 15.9 Å². The van der Waals surface area contributed by atoms with Crippen LogP contribution in [0.2, 0.25) is 0 Å². The molecule has 0 saturated carbocycles. The van der Waals surface area contributed by atoms with Crippen molar-refractivity contribution in [1.82, 2.24) is 0 Å². The molecule has 2 nitrogen and oxygen atoms in total. The molecule has 0 radical (unpaired) electrons. The van der Waals surface area contributed by atoms with Gasteiger partial charge in [0.2, 0.25) is 0 Å². The molecule has 0 heterocycles. The van der Waals surface area contributed by atoms with E-state index in [-0.39, 0.29) is 6.61 Å². The zero-order valence-corrected chi connectivity index (χ0v) is 13.2. The standard InChI is InChI=1S/C16H16BrF2NO/c1-10-6-13(17)8-12(4-5-20)16(10)21-9-11-2-3-14(18)15(19)7-11/h2-3,6-8H,4-5,9,20H2,1H3. The van der Waals surface area contributed by atoms with Crippen molar-refractivity contribution >= 4 is 15.9 Å². The minimum atomic E-state index is -0.870. The third kappa shape index (κ3) is 4.02. The summed E-state index contributed by atoms with van der Waals surface area (Å²) in [4.78, 5) is 0. The Balaban J connectivity index is 2.20. The van der Waals surface area contributed by atoms with E-state index in [1.54, 1.807) is 0 Å². The Morgan fingerprint density at radius 3 is 2.57 bits per heavy atom. The molecule has 2 N–H and O–H groups in total. The van der Waals surface area contributed by atoms with Gasteiger partial charge in [0.05, 0.1) is 0 Å². The van der Waals surface area contributed by atoms with Gasteiger partial charge in [-0.25, -0.2) is 8.78 Å². The molecule has 5 heteroatoms. The van der Waals surface area contributed by atoms with Crippen molar-refractivity contribution in [3.8, 4) is 5.75 Å². The highest BCUT2D eigenvalue weighted by Crippen LogP contribution is 2.29. The number of benzene rings is 2. The molecule has 2 rings (SSSR count). The van der Waals surface area contributed by atoms with Gasteiger partial charge in [0.25, 0.3) is 0 Å². The third-order valence-electron chi connectivity index (χ3n) is 3.10. The largest absolute Gasteiger partial charge is 0.488 e. The summed E-state index contributed by atoms with van der Waals surface area (Å²) in [5.41, 5.74) is 8.15. The van der Waals surface area contributed by atoms with Crippen LogP contribution in [-0.4, -0.2) is 6.54 Å². The number of ether oxygens (including phenoxy) is 1. The van der Waals surface area contributed by atoms with Crippen molar-refractivity contribution in [2.24, 2.45) is 5.73 Å². The molecule has 0 aliphatic carbocycles. The van der Waals surface area contributed by atoms with Crippen molar-refractivity contribution in [3.05, 3.63) is 63.1 Å². The lowest BCUT2D eigenvalue weighted by molar-refractivity contribution is 0.299. The lowest BCUT2D eigenvalue weighted by Crippen LogP contribution is -2.07. The molecule has 112 valence electrons. The van der Waals surface area contributed by atoms with Crippen molar-refractivity contribution in [1.29, 1.82) is 0 Å². The normalized spacial score (nSPS) is 10.7. The van der Waals surface area contributed by atoms with Crippen LogP contribution in [0.25, 0.3) is 0 Å². The first-order valence-corrected chi connectivity index (χ1v) is 7.36. The van der Waals surface area contributed by atoms with E-state index in [4.69, 9.17) is 10.5 Å². The summed E-state index contributed by atoms with van der Waals surface area (Å²) >= 11 is 3.44. The first kappa shape index (κ1) is 15.9. The zero-order chi connectivity index (χ0) is 15.4. The van der Waals surface area contributed by atoms with E-state index in [0.29, 0.717) is 18.5 Å². The summed E-state index contributed by atoms with van der Waals surface area (Å²) in [6, 6.07) is 7.66. The second-order valence-corrected chi connectivity index (χ2v) is 5.70. The predicted molar refractivity (Wildman–Crippen MR) is 82.3 cm³/mol. The molecule has 0 spiro atoms. The van der Waals surface area contributed by atoms with Crippen LogP contribution in [0.3, 0.4) is 0 Å². The van der Waals surface area contributed by atoms with E-state index in [9.17, 15) is 8.78 Å². The van der Waals surface area contributed by atoms with E-state index in [0.717, 1.165) is 33.5 Å². The van der Waals surface area contributed by atoms with Gasteiger partial charge in [-0.15, -0.1) is 0 Å². The van der Waals surface area contributed by atoms with Gasteiger partial charge in [-0.05, 0) is 60.8 Å². The lowest BCUT2D eigenvalue weighted by atomic mass is 10.1. The molecule has 2 aromatic carbocycles. The van der Waals surface area contributed by atoms with Gasteiger partial charge in [0.1, 0.15) is 12.4 Å². The summed E-state index contributed by atoms with van der Waals surface area (Å²) in [6.45, 7) is 2.63. The Morgan fingerprint density at radius 2 is 1.90 bits per heavy atom. The fourth-order valence-corrected chi connectivity index (χ4v) is 2.75. The number of rotatable bonds is 5. The summed E-state index contributed by atoms with van der Waals surface area (Å²) in [5, 5.41) is 0. The summed E-state index contributed by atoms with van der Waals surface area (Å²) in [5.74, 6) is -0.985. The highest BCUT2D eigenvalue weighted by molar-refractivity contribution is 9.10. The molecule has 0 saturated heterocycles. The molecule has 21 heavy (non-hydrogen) atoms. The van der Waals surface area contributed by atoms with Gasteiger partial charge < -0.3 is 10.5 Å². The Kier molecular flexibility index (Phi) is 5.31. The van der Waals surface area contributed by atoms with Gasteiger partial charge in [-0.1, -0.05) is 22.0 Å². The summed E-state index contributed by atoms with van der Waals surface area (Å²) in [6.07, 6.45) is 0.688. The van der Waals surface area contributed by atoms with E-state index in [1.807, 2.05) is 19.1 Å². The van der Waals surface area contributed by atoms with Gasteiger partial charge >= 0.3 is 0 Å². The molecule has 0 bridgehead atoms. The van der Waals surface area contributed by atoms with Gasteiger partial charge in [0, 0.05) is 4.47 Å². The van der Waals surface area contributed by atoms with Crippen LogP contribution in [0.4, 0.5) is 8.78 Å². The van der Waals surface area contributed by atoms with Gasteiger partial charge in [-0.2, -0.15) is 0 Å². The fraction of sp³-hybridized carbons (Fsp3) is 0.250. The summed E-state index contributed by atoms with van der Waals surface area (Å²) in [7, 11) is 0. The molecule has 0 aliphatic rings. The van der Waals surface area contributed by atoms with Crippen molar-refractivity contribution < 1.29 is 13.5 Å². The molecule has 2 aromatic rings. The Morgan fingerprint density at radius 1 is 1.14 bits per heavy atom. The number of nitrogens with two attached hydrogens (primary N) is 1. The molecule has 0 fully saturated rings. The van der Waals surface area contributed by atoms with Gasteiger partial charge in [0.15, 0.2) is 11.6 Å². The maximum atomic E-state index is 13.2. The summed E-state index contributed by atoms with van der Waals surface area (Å²) < 4.78 is 32.8. The Bertz CT molecular complexity index is 646. The zero-order valence-electron chi connectivity index (χ0n) is 11.6. The first-order chi connectivity index (χ1) is 10.0. The number of hydrogen-bond donors (Lipinski definition) is 1. The lowest BCUT2D eigenvalue weighted by Gasteiger charge is -2.15. The van der Waals surface area contributed by atoms with Crippen LogP contribution in [-0.2, 0) is 13.0 Å². The maximum absolute atomic E-state index is 13.2. The average molecular weight is 356 g/mol. The minimum Gasteiger partial charge on any atom is -0.488 e. The fourth-order valence-electron chi connectivity index (χ4n) is 2.13. The number of aryl methyl sites for hydroxylation is 1. The van der Waals surface area contributed by atoms with Crippen LogP contribution in [0.1, 0.15) is 16.7 Å². The first-order valence-electron chi connectivity index (χ1n) is 6.57. The highest BCUT2D eigenvalue weighted by Gasteiger charge is 2.10. The molecule has 0 aromatic heterocycles. The average Bonchev–Trinajstić information content (AvgIpc) is 2.42. The second kappa shape index (κ2) is 7.00. The van der Waals surface area contributed by atoms with E-state index >= 15 is 0 Å². The van der Waals surface area contributed by atoms with Crippen LogP contribution in [0, 0.1) is 18.6 Å². The Labute approximate surface area is 131 Å². The molecule has 0 unspecified atom stereocenters. The molecule has 0 aliphatic heterocycles. The van der Waals surface area contributed by atoms with E-state index in [1.165, 1.54) is 6.07 Å². The SMILES string of the molecule is Cc1cc(Br)cc(CCN)c1OCc1ccc(F)c(F)c1. The van der Waals surface area contributed by atoms with Crippen LogP contribution in [0.5, 0.6) is 5.75 Å². The Hall–Kier alpha value is -1.46. The maximum Gasteiger partial charge on any atom is 0.159 e. The molecular weight excluding hydrogens is 340 g/mol. The van der Waals surface area contributed by atoms with E-state index in [2.05, 4.69) is 15.9 Å². The van der Waals surface area contributed by atoms with Crippen molar-refractivity contribution in [2.45, 2.75) is 20.0 Å². The van der Waals surface area contributed by atoms with Gasteiger partial charge in [-0.3, -0.25) is 0 Å². The minimum absolute atomic E-state index is 0.178. The predicted octanol–water partition coefficient (Wildman–Crippen LogP) is 4.12.